The maximum atomic E-state index is 5.71. The highest BCUT2D eigenvalue weighted by atomic mass is 16.6. The van der Waals surface area contributed by atoms with Crippen LogP contribution in [0, 0.1) is 0 Å². The second-order valence-electron chi connectivity index (χ2n) is 6.09. The van der Waals surface area contributed by atoms with Gasteiger partial charge in [-0.05, 0) is 6.92 Å². The van der Waals surface area contributed by atoms with Crippen LogP contribution in [0.4, 0.5) is 0 Å². The Kier molecular flexibility index (Phi) is 3.36. The molecule has 1 rings (SSSR count). The predicted molar refractivity (Wildman–Crippen MR) is 65.1 cm³/mol. The summed E-state index contributed by atoms with van der Waals surface area (Å²) in [5, 5.41) is 0. The molecule has 0 fully saturated rings. The van der Waals surface area contributed by atoms with E-state index in [1.165, 1.54) is 0 Å². The summed E-state index contributed by atoms with van der Waals surface area (Å²) in [6, 6.07) is 0. The van der Waals surface area contributed by atoms with Crippen molar-refractivity contribution in [1.29, 1.82) is 0 Å². The zero-order valence-electron chi connectivity index (χ0n) is 11.5. The first kappa shape index (κ1) is 13.1. The van der Waals surface area contributed by atoms with Crippen molar-refractivity contribution in [2.75, 3.05) is 6.61 Å². The molecule has 0 amide bonds. The van der Waals surface area contributed by atoms with Gasteiger partial charge < -0.3 is 9.15 Å². The summed E-state index contributed by atoms with van der Waals surface area (Å²) in [6.45, 7) is 15.1. The zero-order chi connectivity index (χ0) is 12.6. The smallest absolute Gasteiger partial charge is 0.309 e. The molecule has 0 aliphatic carbocycles. The van der Waals surface area contributed by atoms with E-state index in [0.29, 0.717) is 12.6 Å². The van der Waals surface area contributed by atoms with Crippen LogP contribution in [0.2, 0.25) is 0 Å². The largest absolute Gasteiger partial charge is 0.464 e. The molecule has 0 aromatic carbocycles. The van der Waals surface area contributed by atoms with Crippen molar-refractivity contribution in [1.82, 2.24) is 4.98 Å². The molecule has 92 valence electrons. The van der Waals surface area contributed by atoms with Gasteiger partial charge in [0, 0.05) is 10.8 Å². The van der Waals surface area contributed by atoms with Crippen LogP contribution in [0.5, 0.6) is 5.95 Å². The van der Waals surface area contributed by atoms with E-state index < -0.39 is 0 Å². The Labute approximate surface area is 98.2 Å². The van der Waals surface area contributed by atoms with Crippen LogP contribution in [0.1, 0.15) is 60.1 Å². The standard InChI is InChI=1S/C13H23NO2/c1-8-15-10-9(12(2,3)4)14-11(16-10)13(5,6)7/h8H2,1-7H3. The fraction of sp³-hybridized carbons (Fsp3) is 0.769. The molecule has 0 spiro atoms. The van der Waals surface area contributed by atoms with Crippen LogP contribution in [0.15, 0.2) is 4.42 Å². The van der Waals surface area contributed by atoms with Gasteiger partial charge in [-0.3, -0.25) is 0 Å². The first-order valence-electron chi connectivity index (χ1n) is 5.81. The van der Waals surface area contributed by atoms with E-state index >= 15 is 0 Å². The number of ether oxygens (including phenoxy) is 1. The van der Waals surface area contributed by atoms with Crippen molar-refractivity contribution in [3.05, 3.63) is 11.6 Å². The minimum Gasteiger partial charge on any atom is -0.464 e. The lowest BCUT2D eigenvalue weighted by molar-refractivity contribution is 0.232. The second-order valence-corrected chi connectivity index (χ2v) is 6.09. The van der Waals surface area contributed by atoms with E-state index in [-0.39, 0.29) is 10.8 Å². The number of hydrogen-bond acceptors (Lipinski definition) is 3. The molecule has 0 bridgehead atoms. The number of aromatic nitrogens is 1. The fourth-order valence-corrected chi connectivity index (χ4v) is 1.33. The molecule has 0 saturated carbocycles. The van der Waals surface area contributed by atoms with Gasteiger partial charge in [-0.2, -0.15) is 0 Å². The Balaban J connectivity index is 3.21. The van der Waals surface area contributed by atoms with Crippen molar-refractivity contribution in [3.63, 3.8) is 0 Å². The van der Waals surface area contributed by atoms with Crippen molar-refractivity contribution < 1.29 is 9.15 Å². The first-order valence-corrected chi connectivity index (χ1v) is 5.81. The van der Waals surface area contributed by atoms with E-state index in [0.717, 1.165) is 11.6 Å². The van der Waals surface area contributed by atoms with Crippen molar-refractivity contribution in [2.24, 2.45) is 0 Å². The third kappa shape index (κ3) is 2.77. The molecule has 3 heteroatoms. The lowest BCUT2D eigenvalue weighted by Gasteiger charge is -2.15. The molecular weight excluding hydrogens is 202 g/mol. The number of hydrogen-bond donors (Lipinski definition) is 0. The zero-order valence-corrected chi connectivity index (χ0v) is 11.5. The summed E-state index contributed by atoms with van der Waals surface area (Å²) in [5.41, 5.74) is 0.756. The summed E-state index contributed by atoms with van der Waals surface area (Å²) in [4.78, 5) is 4.58. The van der Waals surface area contributed by atoms with Crippen LogP contribution < -0.4 is 4.74 Å². The minimum absolute atomic E-state index is 0.0580. The molecule has 1 aromatic heterocycles. The van der Waals surface area contributed by atoms with Gasteiger partial charge in [0.1, 0.15) is 5.69 Å². The van der Waals surface area contributed by atoms with E-state index in [9.17, 15) is 0 Å². The van der Waals surface area contributed by atoms with E-state index in [1.807, 2.05) is 6.92 Å². The molecule has 0 aliphatic heterocycles. The summed E-state index contributed by atoms with van der Waals surface area (Å²) < 4.78 is 11.2. The van der Waals surface area contributed by atoms with Gasteiger partial charge in [-0.1, -0.05) is 41.5 Å². The maximum Gasteiger partial charge on any atom is 0.309 e. The molecule has 0 saturated heterocycles. The highest BCUT2D eigenvalue weighted by Crippen LogP contribution is 2.35. The van der Waals surface area contributed by atoms with Crippen LogP contribution in [-0.2, 0) is 10.8 Å². The Morgan fingerprint density at radius 1 is 1.06 bits per heavy atom. The lowest BCUT2D eigenvalue weighted by atomic mass is 9.92. The molecule has 1 heterocycles. The molecule has 0 atom stereocenters. The number of oxazole rings is 1. The Morgan fingerprint density at radius 2 is 1.62 bits per heavy atom. The Morgan fingerprint density at radius 3 is 2.00 bits per heavy atom. The number of rotatable bonds is 2. The van der Waals surface area contributed by atoms with E-state index in [4.69, 9.17) is 9.15 Å². The number of nitrogens with zero attached hydrogens (tertiary/aromatic N) is 1. The molecule has 16 heavy (non-hydrogen) atoms. The fourth-order valence-electron chi connectivity index (χ4n) is 1.33. The lowest BCUT2D eigenvalue weighted by Crippen LogP contribution is -2.16. The molecule has 0 radical (unpaired) electrons. The first-order chi connectivity index (χ1) is 7.16. The van der Waals surface area contributed by atoms with Gasteiger partial charge in [-0.15, -0.1) is 0 Å². The minimum atomic E-state index is -0.0879. The highest BCUT2D eigenvalue weighted by molar-refractivity contribution is 5.25. The van der Waals surface area contributed by atoms with E-state index in [2.05, 4.69) is 46.5 Å². The summed E-state index contributed by atoms with van der Waals surface area (Å²) in [5.74, 6) is 1.31. The van der Waals surface area contributed by atoms with Gasteiger partial charge in [0.25, 0.3) is 0 Å². The third-order valence-corrected chi connectivity index (χ3v) is 2.22. The third-order valence-electron chi connectivity index (χ3n) is 2.22. The van der Waals surface area contributed by atoms with Crippen LogP contribution in [-0.4, -0.2) is 11.6 Å². The predicted octanol–water partition coefficient (Wildman–Crippen LogP) is 3.67. The molecular formula is C13H23NO2. The average molecular weight is 225 g/mol. The molecule has 1 aromatic rings. The Hall–Kier alpha value is -0.990. The van der Waals surface area contributed by atoms with Gasteiger partial charge in [0.15, 0.2) is 0 Å². The van der Waals surface area contributed by atoms with Crippen LogP contribution in [0.25, 0.3) is 0 Å². The summed E-state index contributed by atoms with van der Waals surface area (Å²) >= 11 is 0. The normalized spacial score (nSPS) is 12.9. The van der Waals surface area contributed by atoms with Crippen LogP contribution in [0.3, 0.4) is 0 Å². The maximum absolute atomic E-state index is 5.71. The van der Waals surface area contributed by atoms with Gasteiger partial charge in [0.2, 0.25) is 5.89 Å². The van der Waals surface area contributed by atoms with Crippen molar-refractivity contribution in [3.8, 4) is 5.95 Å². The molecule has 0 aliphatic rings. The molecule has 3 nitrogen and oxygen atoms in total. The topological polar surface area (TPSA) is 35.3 Å². The summed E-state index contributed by atoms with van der Waals surface area (Å²) in [6.07, 6.45) is 0. The van der Waals surface area contributed by atoms with Crippen LogP contribution >= 0.6 is 0 Å². The highest BCUT2D eigenvalue weighted by Gasteiger charge is 2.30. The molecule has 0 N–H and O–H groups in total. The van der Waals surface area contributed by atoms with Crippen molar-refractivity contribution in [2.45, 2.75) is 59.3 Å². The van der Waals surface area contributed by atoms with Crippen molar-refractivity contribution >= 4 is 0 Å². The SMILES string of the molecule is CCOc1oc(C(C)(C)C)nc1C(C)(C)C. The average Bonchev–Trinajstić information content (AvgIpc) is 2.46. The van der Waals surface area contributed by atoms with E-state index in [1.54, 1.807) is 0 Å². The monoisotopic (exact) mass is 225 g/mol. The Bertz CT molecular complexity index is 353. The van der Waals surface area contributed by atoms with Gasteiger partial charge >= 0.3 is 5.95 Å². The quantitative estimate of drug-likeness (QED) is 0.770. The molecule has 0 unspecified atom stereocenters. The van der Waals surface area contributed by atoms with Gasteiger partial charge in [-0.25, -0.2) is 4.98 Å². The van der Waals surface area contributed by atoms with Gasteiger partial charge in [0.05, 0.1) is 6.61 Å². The summed E-state index contributed by atoms with van der Waals surface area (Å²) in [7, 11) is 0. The second kappa shape index (κ2) is 4.11.